The smallest absolute Gasteiger partial charge is 1.00 e. The van der Waals surface area contributed by atoms with E-state index in [1.54, 1.807) is 6.20 Å². The van der Waals surface area contributed by atoms with Crippen molar-refractivity contribution in [1.82, 2.24) is 14.9 Å². The van der Waals surface area contributed by atoms with Crippen LogP contribution in [0.4, 0.5) is 0 Å². The molecule has 0 atom stereocenters. The second-order valence-corrected chi connectivity index (χ2v) is 8.34. The van der Waals surface area contributed by atoms with Gasteiger partial charge in [0.25, 0.3) is 0 Å². The molecular weight excluding hydrogens is 404 g/mol. The molecule has 0 unspecified atom stereocenters. The van der Waals surface area contributed by atoms with Crippen molar-refractivity contribution in [3.05, 3.63) is 60.6 Å². The summed E-state index contributed by atoms with van der Waals surface area (Å²) in [5, 5.41) is 10.7. The average Bonchev–Trinajstić information content (AvgIpc) is 3.09. The van der Waals surface area contributed by atoms with E-state index >= 15 is 0 Å². The average molecular weight is 420 g/mol. The zero-order chi connectivity index (χ0) is 17.2. The van der Waals surface area contributed by atoms with Crippen molar-refractivity contribution < 1.29 is 39.5 Å². The van der Waals surface area contributed by atoms with Gasteiger partial charge in [0.1, 0.15) is 0 Å². The summed E-state index contributed by atoms with van der Waals surface area (Å²) in [4.78, 5) is 21.6. The first-order valence-corrected chi connectivity index (χ1v) is 9.79. The topological polar surface area (TPSA) is 69.2 Å². The van der Waals surface area contributed by atoms with E-state index in [4.69, 9.17) is 0 Å². The molecule has 3 aromatic rings. The molecule has 7 heteroatoms. The number of carboxylic acid groups (broad SMARTS) is 1. The van der Waals surface area contributed by atoms with Crippen LogP contribution in [0.25, 0.3) is 20.1 Å². The van der Waals surface area contributed by atoms with E-state index in [2.05, 4.69) is 39.1 Å². The van der Waals surface area contributed by atoms with Crippen LogP contribution in [0.5, 0.6) is 0 Å². The van der Waals surface area contributed by atoms with E-state index in [9.17, 15) is 9.90 Å². The summed E-state index contributed by atoms with van der Waals surface area (Å²) in [7, 11) is 0. The van der Waals surface area contributed by atoms with Gasteiger partial charge in [0.05, 0.1) is 0 Å². The molecule has 1 aliphatic heterocycles. The van der Waals surface area contributed by atoms with Crippen molar-refractivity contribution >= 4 is 20.5 Å². The van der Waals surface area contributed by atoms with E-state index < -0.39 is 5.97 Å². The second-order valence-electron chi connectivity index (χ2n) is 6.18. The summed E-state index contributed by atoms with van der Waals surface area (Å²) in [6.07, 6.45) is 5.58. The number of rotatable bonds is 5. The number of hydrogen-bond acceptors (Lipinski definition) is 5. The molecule has 0 N–H and O–H groups in total. The van der Waals surface area contributed by atoms with Gasteiger partial charge in [-0.15, -0.1) is 0 Å². The number of hydrogen-bond donors (Lipinski definition) is 0. The van der Waals surface area contributed by atoms with Crippen LogP contribution < -0.4 is 34.7 Å². The van der Waals surface area contributed by atoms with Gasteiger partial charge in [-0.05, 0) is 0 Å². The summed E-state index contributed by atoms with van der Waals surface area (Å²) in [6, 6.07) is 12.4. The summed E-state index contributed by atoms with van der Waals surface area (Å²) >= 11 is 0.184. The van der Waals surface area contributed by atoms with E-state index in [0.717, 1.165) is 16.7 Å². The first-order chi connectivity index (χ1) is 12.2. The molecule has 2 aromatic heterocycles. The quantitative estimate of drug-likeness (QED) is 0.449. The number of nitrogens with zero attached hydrogens (tertiary/aromatic N) is 3. The Morgan fingerprint density at radius 1 is 1.15 bits per heavy atom. The van der Waals surface area contributed by atoms with Crippen LogP contribution in [0.3, 0.4) is 0 Å². The number of aromatic nitrogens is 2. The van der Waals surface area contributed by atoms with Crippen LogP contribution in [-0.4, -0.2) is 48.4 Å². The van der Waals surface area contributed by atoms with Crippen molar-refractivity contribution in [1.29, 1.82) is 0 Å². The standard InChI is InChI=1S/C19H17N3O2Se.Na/c23-19(24)16-11-22(12-16)10-13-3-5-14(6-4-13)17-9-21-18(25-17)15-2-1-7-20-8-15;/h1-9,16H,10-12H2,(H,23,24);/q;+1/p-1. The minimum Gasteiger partial charge on any atom is 1.00 e. The van der Waals surface area contributed by atoms with E-state index in [-0.39, 0.29) is 50.0 Å². The number of aliphatic carboxylic acids is 1. The fourth-order valence-electron chi connectivity index (χ4n) is 2.91. The number of carbonyl (C=O) groups is 1. The fourth-order valence-corrected chi connectivity index (χ4v) is 4.82. The minimum atomic E-state index is -0.938. The van der Waals surface area contributed by atoms with Crippen LogP contribution in [0, 0.1) is 5.92 Å². The number of benzene rings is 1. The maximum absolute atomic E-state index is 10.7. The van der Waals surface area contributed by atoms with Crippen LogP contribution in [-0.2, 0) is 11.3 Å². The summed E-state index contributed by atoms with van der Waals surface area (Å²) in [6.45, 7) is 1.95. The Morgan fingerprint density at radius 2 is 1.92 bits per heavy atom. The molecule has 0 bridgehead atoms. The Hall–Kier alpha value is -1.27. The third-order valence-corrected chi connectivity index (χ3v) is 6.65. The summed E-state index contributed by atoms with van der Waals surface area (Å²) in [5.41, 5.74) is 3.48. The number of carboxylic acids is 1. The molecule has 0 amide bonds. The van der Waals surface area contributed by atoms with Crippen molar-refractivity contribution in [3.63, 3.8) is 0 Å². The molecule has 0 aliphatic carbocycles. The molecule has 26 heavy (non-hydrogen) atoms. The number of carbonyl (C=O) groups excluding carboxylic acids is 1. The molecule has 0 spiro atoms. The number of likely N-dealkylation sites (tertiary alicyclic amines) is 1. The van der Waals surface area contributed by atoms with Gasteiger partial charge in [0, 0.05) is 0 Å². The Labute approximate surface area is 180 Å². The van der Waals surface area contributed by atoms with Crippen LogP contribution in [0.15, 0.2) is 55.0 Å². The molecule has 3 heterocycles. The van der Waals surface area contributed by atoms with E-state index in [0.29, 0.717) is 13.1 Å². The zero-order valence-corrected chi connectivity index (χ0v) is 18.2. The second kappa shape index (κ2) is 8.61. The van der Waals surface area contributed by atoms with Gasteiger partial charge in [-0.2, -0.15) is 0 Å². The first-order valence-electron chi connectivity index (χ1n) is 8.08. The Kier molecular flexibility index (Phi) is 6.46. The molecule has 1 aromatic carbocycles. The molecular formula is C19H16N3NaO2Se. The van der Waals surface area contributed by atoms with Crippen molar-refractivity contribution in [2.75, 3.05) is 13.1 Å². The first kappa shape index (κ1) is 19.5. The van der Waals surface area contributed by atoms with Crippen molar-refractivity contribution in [3.8, 4) is 20.1 Å². The number of pyridine rings is 1. The molecule has 1 fully saturated rings. The van der Waals surface area contributed by atoms with Crippen molar-refractivity contribution in [2.45, 2.75) is 6.54 Å². The third kappa shape index (κ3) is 4.34. The molecule has 126 valence electrons. The summed E-state index contributed by atoms with van der Waals surface area (Å²) in [5.74, 6) is -1.25. The normalized spacial score (nSPS) is 14.5. The predicted molar refractivity (Wildman–Crippen MR) is 93.6 cm³/mol. The monoisotopic (exact) mass is 421 g/mol. The Morgan fingerprint density at radius 3 is 2.58 bits per heavy atom. The van der Waals surface area contributed by atoms with Crippen LogP contribution in [0.2, 0.25) is 0 Å². The van der Waals surface area contributed by atoms with Gasteiger partial charge < -0.3 is 0 Å². The van der Waals surface area contributed by atoms with Gasteiger partial charge in [-0.3, -0.25) is 0 Å². The fraction of sp³-hybridized carbons (Fsp3) is 0.211. The third-order valence-electron chi connectivity index (χ3n) is 4.35. The Bertz CT molecular complexity index is 877. The maximum Gasteiger partial charge on any atom is 1.00 e. The van der Waals surface area contributed by atoms with Gasteiger partial charge in [-0.25, -0.2) is 0 Å². The molecule has 1 saturated heterocycles. The molecule has 5 nitrogen and oxygen atoms in total. The van der Waals surface area contributed by atoms with Gasteiger partial charge in [0.15, 0.2) is 0 Å². The zero-order valence-electron chi connectivity index (χ0n) is 14.5. The van der Waals surface area contributed by atoms with E-state index in [1.165, 1.54) is 15.6 Å². The summed E-state index contributed by atoms with van der Waals surface area (Å²) < 4.78 is 2.37. The Balaban J connectivity index is 0.00000196. The van der Waals surface area contributed by atoms with Crippen LogP contribution in [0.1, 0.15) is 5.56 Å². The SMILES string of the molecule is O=C([O-])C1CN(Cc2ccc(-c3cnc(-c4cccnc4)[se]3)cc2)C1.[Na+]. The van der Waals surface area contributed by atoms with Gasteiger partial charge in [0.2, 0.25) is 0 Å². The van der Waals surface area contributed by atoms with E-state index in [1.807, 2.05) is 24.5 Å². The minimum absolute atomic E-state index is 0. The van der Waals surface area contributed by atoms with Crippen LogP contribution >= 0.6 is 0 Å². The molecule has 4 rings (SSSR count). The maximum atomic E-state index is 10.7. The predicted octanol–water partition coefficient (Wildman–Crippen LogP) is -1.95. The molecule has 0 saturated carbocycles. The van der Waals surface area contributed by atoms with Crippen molar-refractivity contribution in [2.24, 2.45) is 5.92 Å². The van der Waals surface area contributed by atoms with Gasteiger partial charge in [-0.1, -0.05) is 0 Å². The largest absolute Gasteiger partial charge is 1.00 e. The van der Waals surface area contributed by atoms with Gasteiger partial charge >= 0.3 is 181 Å². The molecule has 0 radical (unpaired) electrons. The molecule has 1 aliphatic rings.